The molecule has 0 bridgehead atoms. The zero-order valence-electron chi connectivity index (χ0n) is 16.0. The second-order valence-electron chi connectivity index (χ2n) is 6.94. The van der Waals surface area contributed by atoms with Crippen LogP contribution in [0.15, 0.2) is 22.6 Å². The number of thiophene rings is 1. The van der Waals surface area contributed by atoms with Gasteiger partial charge in [0, 0.05) is 11.4 Å². The van der Waals surface area contributed by atoms with Crippen molar-refractivity contribution in [2.45, 2.75) is 62.2 Å². The zero-order valence-corrected chi connectivity index (χ0v) is 17.6. The number of aryl methyl sites for hydroxylation is 2. The lowest BCUT2D eigenvalue weighted by Gasteiger charge is -2.15. The van der Waals surface area contributed by atoms with Crippen LogP contribution < -0.4 is 10.9 Å². The number of rotatable bonds is 6. The summed E-state index contributed by atoms with van der Waals surface area (Å²) in [6.45, 7) is 4.00. The number of hydrogen-bond donors (Lipinski definition) is 1. The molecule has 1 atom stereocenters. The van der Waals surface area contributed by atoms with Gasteiger partial charge in [-0.1, -0.05) is 24.3 Å². The van der Waals surface area contributed by atoms with Gasteiger partial charge in [0.05, 0.1) is 10.6 Å². The molecular weight excluding hydrogens is 423 g/mol. The van der Waals surface area contributed by atoms with Crippen LogP contribution in [0.3, 0.4) is 0 Å². The maximum Gasteiger partial charge on any atom is 0.405 e. The third-order valence-corrected chi connectivity index (χ3v) is 6.99. The van der Waals surface area contributed by atoms with E-state index in [-0.39, 0.29) is 12.1 Å². The zero-order chi connectivity index (χ0) is 21.2. The molecule has 1 unspecified atom stereocenters. The fraction of sp³-hybridized carbons (Fsp3) is 0.526. The normalized spacial score (nSPS) is 15.6. The van der Waals surface area contributed by atoms with Gasteiger partial charge in [0.1, 0.15) is 11.4 Å². The lowest BCUT2D eigenvalue weighted by Crippen LogP contribution is -2.38. The highest BCUT2D eigenvalue weighted by Crippen LogP contribution is 2.34. The minimum atomic E-state index is -4.48. The molecule has 2 heterocycles. The number of nitrogens with one attached hydrogen (secondary N) is 1. The molecule has 158 valence electrons. The highest BCUT2D eigenvalue weighted by Gasteiger charge is 2.29. The van der Waals surface area contributed by atoms with Gasteiger partial charge in [0.15, 0.2) is 5.16 Å². The number of allylic oxidation sites excluding steroid dienone is 1. The predicted molar refractivity (Wildman–Crippen MR) is 110 cm³/mol. The van der Waals surface area contributed by atoms with Crippen molar-refractivity contribution in [1.82, 2.24) is 14.9 Å². The summed E-state index contributed by atoms with van der Waals surface area (Å²) in [6, 6.07) is 0. The van der Waals surface area contributed by atoms with Gasteiger partial charge in [0.2, 0.25) is 5.91 Å². The molecule has 0 fully saturated rings. The number of carbonyl (C=O) groups excluding carboxylic acids is 1. The van der Waals surface area contributed by atoms with E-state index < -0.39 is 23.9 Å². The predicted octanol–water partition coefficient (Wildman–Crippen LogP) is 4.07. The number of nitrogens with zero attached hydrogens (tertiary/aromatic N) is 2. The fourth-order valence-electron chi connectivity index (χ4n) is 3.32. The summed E-state index contributed by atoms with van der Waals surface area (Å²) >= 11 is 2.48. The number of hydrogen-bond acceptors (Lipinski definition) is 5. The third kappa shape index (κ3) is 5.03. The number of amides is 1. The van der Waals surface area contributed by atoms with Crippen molar-refractivity contribution in [2.75, 3.05) is 6.54 Å². The smallest absolute Gasteiger partial charge is 0.346 e. The Morgan fingerprint density at radius 2 is 2.10 bits per heavy atom. The summed E-state index contributed by atoms with van der Waals surface area (Å²) in [4.78, 5) is 31.7. The van der Waals surface area contributed by atoms with Crippen LogP contribution in [0.4, 0.5) is 13.2 Å². The molecule has 2 aromatic rings. The number of thioether (sulfide) groups is 1. The Morgan fingerprint density at radius 1 is 1.38 bits per heavy atom. The van der Waals surface area contributed by atoms with Gasteiger partial charge in [-0.2, -0.15) is 13.2 Å². The van der Waals surface area contributed by atoms with Crippen LogP contribution in [-0.2, 0) is 24.2 Å². The van der Waals surface area contributed by atoms with Crippen LogP contribution >= 0.6 is 23.1 Å². The Kier molecular flexibility index (Phi) is 6.72. The Balaban J connectivity index is 1.95. The number of carbonyl (C=O) groups is 1. The van der Waals surface area contributed by atoms with Crippen molar-refractivity contribution in [3.05, 3.63) is 33.4 Å². The topological polar surface area (TPSA) is 64.0 Å². The molecule has 1 N–H and O–H groups in total. The van der Waals surface area contributed by atoms with Crippen LogP contribution in [-0.4, -0.2) is 33.4 Å². The Labute approximate surface area is 174 Å². The summed E-state index contributed by atoms with van der Waals surface area (Å²) in [5.74, 6) is -0.756. The van der Waals surface area contributed by atoms with Gasteiger partial charge in [0.25, 0.3) is 5.56 Å². The second kappa shape index (κ2) is 8.91. The van der Waals surface area contributed by atoms with Gasteiger partial charge >= 0.3 is 6.18 Å². The van der Waals surface area contributed by atoms with E-state index in [9.17, 15) is 22.8 Å². The molecule has 1 amide bonds. The highest BCUT2D eigenvalue weighted by atomic mass is 32.2. The average molecular weight is 446 g/mol. The van der Waals surface area contributed by atoms with Crippen molar-refractivity contribution < 1.29 is 18.0 Å². The van der Waals surface area contributed by atoms with Crippen LogP contribution in [0.2, 0.25) is 0 Å². The lowest BCUT2D eigenvalue weighted by molar-refractivity contribution is -0.137. The highest BCUT2D eigenvalue weighted by molar-refractivity contribution is 8.00. The molecule has 0 radical (unpaired) electrons. The van der Waals surface area contributed by atoms with Crippen LogP contribution in [0, 0.1) is 0 Å². The van der Waals surface area contributed by atoms with Crippen molar-refractivity contribution in [3.8, 4) is 0 Å². The first-order valence-electron chi connectivity index (χ1n) is 9.38. The summed E-state index contributed by atoms with van der Waals surface area (Å²) in [5.41, 5.74) is 0.894. The summed E-state index contributed by atoms with van der Waals surface area (Å²) < 4.78 is 38.5. The summed E-state index contributed by atoms with van der Waals surface area (Å²) in [7, 11) is 0. The van der Waals surface area contributed by atoms with E-state index in [1.54, 1.807) is 6.08 Å². The molecule has 1 aliphatic rings. The fourth-order valence-corrected chi connectivity index (χ4v) is 5.56. The molecule has 0 saturated heterocycles. The Bertz CT molecular complexity index is 982. The Morgan fingerprint density at radius 3 is 2.79 bits per heavy atom. The summed E-state index contributed by atoms with van der Waals surface area (Å²) in [6.07, 6.45) is 2.12. The van der Waals surface area contributed by atoms with Crippen molar-refractivity contribution in [1.29, 1.82) is 0 Å². The summed E-state index contributed by atoms with van der Waals surface area (Å²) in [5, 5.41) is 1.98. The molecule has 0 spiro atoms. The third-order valence-electron chi connectivity index (χ3n) is 4.72. The number of alkyl halides is 3. The molecule has 2 aromatic heterocycles. The molecule has 10 heteroatoms. The standard InChI is InChI=1S/C19H22F3N3O2S2/c1-3-9-25-17(27)14-12-7-5-4-6-8-13(12)29-16(14)24-18(25)28-11(2)15(26)23-10-19(20,21)22/h3,11H,1,4-10H2,2H3,(H,23,26). The number of aromatic nitrogens is 2. The minimum absolute atomic E-state index is 0.181. The van der Waals surface area contributed by atoms with E-state index in [0.29, 0.717) is 15.4 Å². The second-order valence-corrected chi connectivity index (χ2v) is 9.33. The van der Waals surface area contributed by atoms with Gasteiger partial charge in [-0.3, -0.25) is 14.2 Å². The largest absolute Gasteiger partial charge is 0.405 e. The van der Waals surface area contributed by atoms with Crippen molar-refractivity contribution >= 4 is 39.2 Å². The Hall–Kier alpha value is -1.81. The molecule has 0 aliphatic heterocycles. The van der Waals surface area contributed by atoms with E-state index in [1.807, 2.05) is 5.32 Å². The maximum absolute atomic E-state index is 13.2. The monoisotopic (exact) mass is 445 g/mol. The first-order chi connectivity index (χ1) is 13.7. The maximum atomic E-state index is 13.2. The first kappa shape index (κ1) is 21.9. The quantitative estimate of drug-likeness (QED) is 0.315. The molecular formula is C19H22F3N3O2S2. The van der Waals surface area contributed by atoms with E-state index >= 15 is 0 Å². The van der Waals surface area contributed by atoms with Crippen LogP contribution in [0.5, 0.6) is 0 Å². The molecule has 5 nitrogen and oxygen atoms in total. The number of fused-ring (bicyclic) bond motifs is 3. The van der Waals surface area contributed by atoms with Gasteiger partial charge in [-0.05, 0) is 38.2 Å². The number of halogens is 3. The molecule has 3 rings (SSSR count). The van der Waals surface area contributed by atoms with Gasteiger partial charge in [-0.25, -0.2) is 4.98 Å². The first-order valence-corrected chi connectivity index (χ1v) is 11.1. The molecule has 29 heavy (non-hydrogen) atoms. The van der Waals surface area contributed by atoms with Crippen molar-refractivity contribution in [2.24, 2.45) is 0 Å². The van der Waals surface area contributed by atoms with E-state index in [0.717, 1.165) is 49.4 Å². The van der Waals surface area contributed by atoms with Gasteiger partial charge in [-0.15, -0.1) is 17.9 Å². The lowest BCUT2D eigenvalue weighted by atomic mass is 10.1. The molecule has 1 aliphatic carbocycles. The average Bonchev–Trinajstić information content (AvgIpc) is 2.83. The molecule has 0 saturated carbocycles. The minimum Gasteiger partial charge on any atom is -0.346 e. The molecule has 0 aromatic carbocycles. The van der Waals surface area contributed by atoms with Gasteiger partial charge < -0.3 is 5.32 Å². The SMILES string of the molecule is C=CCn1c(SC(C)C(=O)NCC(F)(F)F)nc2sc3c(c2c1=O)CCCCC3. The van der Waals surface area contributed by atoms with E-state index in [1.165, 1.54) is 27.7 Å². The van der Waals surface area contributed by atoms with Crippen molar-refractivity contribution in [3.63, 3.8) is 0 Å². The van der Waals surface area contributed by atoms with Crippen LogP contribution in [0.25, 0.3) is 10.2 Å². The van der Waals surface area contributed by atoms with Crippen LogP contribution in [0.1, 0.15) is 36.6 Å². The van der Waals surface area contributed by atoms with E-state index in [4.69, 9.17) is 0 Å². The van der Waals surface area contributed by atoms with E-state index in [2.05, 4.69) is 11.6 Å².